The first-order valence-corrected chi connectivity index (χ1v) is 7.22. The van der Waals surface area contributed by atoms with Gasteiger partial charge < -0.3 is 11.1 Å². The predicted octanol–water partition coefficient (Wildman–Crippen LogP) is 3.66. The van der Waals surface area contributed by atoms with E-state index in [1.807, 2.05) is 12.1 Å². The van der Waals surface area contributed by atoms with Crippen LogP contribution in [0.25, 0.3) is 0 Å². The first-order valence-electron chi connectivity index (χ1n) is 7.22. The van der Waals surface area contributed by atoms with E-state index in [9.17, 15) is 4.79 Å². The molecule has 0 aromatic heterocycles. The van der Waals surface area contributed by atoms with Gasteiger partial charge in [-0.2, -0.15) is 0 Å². The highest BCUT2D eigenvalue weighted by Crippen LogP contribution is 2.20. The van der Waals surface area contributed by atoms with Gasteiger partial charge in [0, 0.05) is 18.2 Å². The van der Waals surface area contributed by atoms with Crippen LogP contribution in [0.2, 0.25) is 0 Å². The molecule has 0 aliphatic heterocycles. The maximum Gasteiger partial charge on any atom is 0.225 e. The van der Waals surface area contributed by atoms with Gasteiger partial charge in [-0.1, -0.05) is 39.3 Å². The van der Waals surface area contributed by atoms with E-state index >= 15 is 0 Å². The molecule has 0 spiro atoms. The lowest BCUT2D eigenvalue weighted by Crippen LogP contribution is -2.26. The van der Waals surface area contributed by atoms with Crippen LogP contribution in [0, 0.1) is 0 Å². The minimum Gasteiger partial charge on any atom is -0.327 e. The van der Waals surface area contributed by atoms with Crippen molar-refractivity contribution >= 4 is 11.6 Å². The summed E-state index contributed by atoms with van der Waals surface area (Å²) in [6.45, 7) is 6.46. The van der Waals surface area contributed by atoms with E-state index in [1.165, 1.54) is 5.56 Å². The van der Waals surface area contributed by atoms with E-state index in [4.69, 9.17) is 5.73 Å². The average Bonchev–Trinajstić information content (AvgIpc) is 2.38. The fourth-order valence-electron chi connectivity index (χ4n) is 2.05. The molecule has 0 heterocycles. The number of nitrogens with one attached hydrogen (secondary N) is 1. The van der Waals surface area contributed by atoms with E-state index < -0.39 is 0 Å². The van der Waals surface area contributed by atoms with Crippen LogP contribution in [0.5, 0.6) is 0 Å². The standard InChI is InChI=1S/C16H26N2O/c1-4-6-14(17)11-16(19)18-15-9-7-13(8-10-15)12(3)5-2/h7-10,12,14H,4-6,11,17H2,1-3H3,(H,18,19). The third-order valence-corrected chi connectivity index (χ3v) is 3.48. The highest BCUT2D eigenvalue weighted by molar-refractivity contribution is 5.91. The summed E-state index contributed by atoms with van der Waals surface area (Å²) in [5.74, 6) is 0.556. The van der Waals surface area contributed by atoms with Gasteiger partial charge in [0.2, 0.25) is 5.91 Å². The third kappa shape index (κ3) is 5.43. The smallest absolute Gasteiger partial charge is 0.225 e. The molecule has 2 unspecified atom stereocenters. The van der Waals surface area contributed by atoms with Gasteiger partial charge in [-0.25, -0.2) is 0 Å². The molecule has 0 saturated carbocycles. The summed E-state index contributed by atoms with van der Waals surface area (Å²) in [5.41, 5.74) is 8.02. The lowest BCUT2D eigenvalue weighted by atomic mass is 9.98. The summed E-state index contributed by atoms with van der Waals surface area (Å²) in [5, 5.41) is 2.90. The molecule has 1 rings (SSSR count). The monoisotopic (exact) mass is 262 g/mol. The lowest BCUT2D eigenvalue weighted by molar-refractivity contribution is -0.116. The summed E-state index contributed by atoms with van der Waals surface area (Å²) >= 11 is 0. The Bertz CT molecular complexity index is 386. The zero-order valence-electron chi connectivity index (χ0n) is 12.3. The van der Waals surface area contributed by atoms with Crippen LogP contribution in [0.3, 0.4) is 0 Å². The van der Waals surface area contributed by atoms with Gasteiger partial charge >= 0.3 is 0 Å². The van der Waals surface area contributed by atoms with Gasteiger partial charge in [0.15, 0.2) is 0 Å². The number of carbonyl (C=O) groups excluding carboxylic acids is 1. The Labute approximate surface area is 116 Å². The highest BCUT2D eigenvalue weighted by atomic mass is 16.1. The summed E-state index contributed by atoms with van der Waals surface area (Å²) in [7, 11) is 0. The van der Waals surface area contributed by atoms with E-state index in [2.05, 4.69) is 38.2 Å². The van der Waals surface area contributed by atoms with Crippen LogP contribution < -0.4 is 11.1 Å². The van der Waals surface area contributed by atoms with Crippen molar-refractivity contribution in [2.75, 3.05) is 5.32 Å². The number of carbonyl (C=O) groups is 1. The molecule has 0 aliphatic rings. The molecule has 0 bridgehead atoms. The number of hydrogen-bond acceptors (Lipinski definition) is 2. The first kappa shape index (κ1) is 15.7. The molecule has 0 radical (unpaired) electrons. The minimum atomic E-state index is -0.0376. The van der Waals surface area contributed by atoms with Crippen molar-refractivity contribution in [1.29, 1.82) is 0 Å². The Kier molecular flexibility index (Phi) is 6.57. The van der Waals surface area contributed by atoms with Crippen LogP contribution in [0.15, 0.2) is 24.3 Å². The van der Waals surface area contributed by atoms with Crippen molar-refractivity contribution in [3.8, 4) is 0 Å². The quantitative estimate of drug-likeness (QED) is 0.788. The van der Waals surface area contributed by atoms with Gasteiger partial charge in [-0.15, -0.1) is 0 Å². The first-order chi connectivity index (χ1) is 9.06. The molecule has 2 atom stereocenters. The normalized spacial score (nSPS) is 13.9. The molecule has 0 aliphatic carbocycles. The molecule has 3 nitrogen and oxygen atoms in total. The third-order valence-electron chi connectivity index (χ3n) is 3.48. The summed E-state index contributed by atoms with van der Waals surface area (Å²) in [4.78, 5) is 11.8. The van der Waals surface area contributed by atoms with Crippen LogP contribution in [-0.2, 0) is 4.79 Å². The van der Waals surface area contributed by atoms with Gasteiger partial charge in [0.1, 0.15) is 0 Å². The van der Waals surface area contributed by atoms with Gasteiger partial charge in [0.25, 0.3) is 0 Å². The summed E-state index contributed by atoms with van der Waals surface area (Å²) in [6, 6.07) is 8.05. The Morgan fingerprint density at radius 1 is 1.26 bits per heavy atom. The number of hydrogen-bond donors (Lipinski definition) is 2. The minimum absolute atomic E-state index is 0.00256. The van der Waals surface area contributed by atoms with Gasteiger partial charge in [0.05, 0.1) is 0 Å². The van der Waals surface area contributed by atoms with Crippen molar-refractivity contribution in [2.24, 2.45) is 5.73 Å². The molecule has 106 valence electrons. The second kappa shape index (κ2) is 7.95. The van der Waals surface area contributed by atoms with Crippen LogP contribution in [-0.4, -0.2) is 11.9 Å². The highest BCUT2D eigenvalue weighted by Gasteiger charge is 2.09. The Balaban J connectivity index is 2.51. The van der Waals surface area contributed by atoms with E-state index in [1.54, 1.807) is 0 Å². The van der Waals surface area contributed by atoms with Gasteiger partial charge in [-0.3, -0.25) is 4.79 Å². The van der Waals surface area contributed by atoms with Gasteiger partial charge in [-0.05, 0) is 36.5 Å². The van der Waals surface area contributed by atoms with E-state index in [0.717, 1.165) is 24.9 Å². The maximum absolute atomic E-state index is 11.8. The van der Waals surface area contributed by atoms with E-state index in [-0.39, 0.29) is 11.9 Å². The fourth-order valence-corrected chi connectivity index (χ4v) is 2.05. The van der Waals surface area contributed by atoms with E-state index in [0.29, 0.717) is 12.3 Å². The van der Waals surface area contributed by atoms with Crippen LogP contribution >= 0.6 is 0 Å². The van der Waals surface area contributed by atoms with Crippen LogP contribution in [0.1, 0.15) is 57.9 Å². The molecule has 19 heavy (non-hydrogen) atoms. The largest absolute Gasteiger partial charge is 0.327 e. The Morgan fingerprint density at radius 2 is 1.89 bits per heavy atom. The number of amides is 1. The van der Waals surface area contributed by atoms with Crippen molar-refractivity contribution in [3.05, 3.63) is 29.8 Å². The second-order valence-electron chi connectivity index (χ2n) is 5.23. The zero-order valence-corrected chi connectivity index (χ0v) is 12.3. The van der Waals surface area contributed by atoms with Crippen molar-refractivity contribution in [1.82, 2.24) is 0 Å². The second-order valence-corrected chi connectivity index (χ2v) is 5.23. The maximum atomic E-state index is 11.8. The molecule has 1 amide bonds. The fraction of sp³-hybridized carbons (Fsp3) is 0.562. The molecule has 1 aromatic rings. The number of anilines is 1. The molecular weight excluding hydrogens is 236 g/mol. The number of benzene rings is 1. The SMILES string of the molecule is CCCC(N)CC(=O)Nc1ccc(C(C)CC)cc1. The average molecular weight is 262 g/mol. The Hall–Kier alpha value is -1.35. The molecular formula is C16H26N2O. The zero-order chi connectivity index (χ0) is 14.3. The molecule has 0 fully saturated rings. The predicted molar refractivity (Wildman–Crippen MR) is 81.3 cm³/mol. The molecule has 1 aromatic carbocycles. The number of rotatable bonds is 7. The van der Waals surface area contributed by atoms with Crippen LogP contribution in [0.4, 0.5) is 5.69 Å². The number of nitrogens with two attached hydrogens (primary N) is 1. The molecule has 3 heteroatoms. The summed E-state index contributed by atoms with van der Waals surface area (Å²) < 4.78 is 0. The lowest BCUT2D eigenvalue weighted by Gasteiger charge is -2.12. The van der Waals surface area contributed by atoms with Crippen molar-refractivity contribution in [3.63, 3.8) is 0 Å². The molecule has 0 saturated heterocycles. The summed E-state index contributed by atoms with van der Waals surface area (Å²) in [6.07, 6.45) is 3.41. The van der Waals surface area contributed by atoms with Crippen molar-refractivity contribution < 1.29 is 4.79 Å². The topological polar surface area (TPSA) is 55.1 Å². The Morgan fingerprint density at radius 3 is 2.42 bits per heavy atom. The molecule has 3 N–H and O–H groups in total. The van der Waals surface area contributed by atoms with Crippen molar-refractivity contribution in [2.45, 2.75) is 58.4 Å².